The Bertz CT molecular complexity index is 326. The van der Waals surface area contributed by atoms with Crippen molar-refractivity contribution in [2.45, 2.75) is 39.2 Å². The number of esters is 1. The first-order valence-corrected chi connectivity index (χ1v) is 5.89. The summed E-state index contributed by atoms with van der Waals surface area (Å²) in [5, 5.41) is 0. The zero-order valence-corrected chi connectivity index (χ0v) is 12.1. The van der Waals surface area contributed by atoms with Crippen LogP contribution in [0.25, 0.3) is 0 Å². The summed E-state index contributed by atoms with van der Waals surface area (Å²) in [6.07, 6.45) is 10.1. The first kappa shape index (κ1) is 16.2. The number of carbonyl (C=O) groups excluding carboxylic acids is 1. The van der Waals surface area contributed by atoms with E-state index in [9.17, 15) is 4.79 Å². The van der Waals surface area contributed by atoms with Crippen molar-refractivity contribution in [2.75, 3.05) is 6.61 Å². The van der Waals surface area contributed by atoms with Crippen molar-refractivity contribution in [3.63, 3.8) is 0 Å². The maximum Gasteiger partial charge on any atom is 0.348 e. The average molecular weight is 305 g/mol. The molecule has 98 valence electrons. The average Bonchev–Trinajstić information content (AvgIpc) is 2.63. The number of ether oxygens (including phenoxy) is 1. The molecule has 0 fully saturated rings. The molecule has 0 spiro atoms. The monoisotopic (exact) mass is 304 g/mol. The van der Waals surface area contributed by atoms with Crippen LogP contribution in [0.1, 0.15) is 32.6 Å². The Labute approximate surface area is 113 Å². The highest BCUT2D eigenvalue weighted by atomic mass is 79.9. The molecular weight excluding hydrogens is 284 g/mol. The second kappa shape index (κ2) is 9.22. The smallest absolute Gasteiger partial charge is 0.348 e. The normalized spacial score (nSPS) is 9.76. The third kappa shape index (κ3) is 7.15. The van der Waals surface area contributed by atoms with Crippen LogP contribution in [0.3, 0.4) is 0 Å². The number of nitrogens with zero attached hydrogens (tertiary/aromatic N) is 2. The van der Waals surface area contributed by atoms with E-state index in [1.54, 1.807) is 0 Å². The molecule has 0 radical (unpaired) electrons. The molecule has 0 saturated heterocycles. The molecule has 0 aliphatic heterocycles. The third-order valence-electron chi connectivity index (χ3n) is 2.40. The fraction of sp³-hybridized carbons (Fsp3) is 0.667. The first-order valence-electron chi connectivity index (χ1n) is 5.89. The molecule has 0 amide bonds. The van der Waals surface area contributed by atoms with E-state index in [1.165, 1.54) is 12.8 Å². The summed E-state index contributed by atoms with van der Waals surface area (Å²) in [5.74, 6) is -0.160. The lowest BCUT2D eigenvalue weighted by atomic mass is 10.2. The first-order chi connectivity index (χ1) is 7.72. The standard InChI is InChI=1S/C12H21N2O2.BrH/c1-3-4-5-6-9-16-12(15)10-14-8-7-13(2)11-14;/h7-8,11H,3-6,9-10H2,1-2H3;1H/q+1;/p-1. The minimum atomic E-state index is -0.160. The Kier molecular flexibility index (Phi) is 8.76. The molecule has 5 heteroatoms. The number of aromatic nitrogens is 2. The molecule has 0 saturated carbocycles. The molecule has 4 nitrogen and oxygen atoms in total. The molecule has 0 unspecified atom stereocenters. The van der Waals surface area contributed by atoms with Crippen LogP contribution in [0.5, 0.6) is 0 Å². The summed E-state index contributed by atoms with van der Waals surface area (Å²) < 4.78 is 8.84. The third-order valence-corrected chi connectivity index (χ3v) is 2.40. The molecule has 0 aromatic carbocycles. The second-order valence-electron chi connectivity index (χ2n) is 4.03. The fourth-order valence-corrected chi connectivity index (χ4v) is 1.50. The van der Waals surface area contributed by atoms with Gasteiger partial charge in [0.1, 0.15) is 12.4 Å². The molecule has 1 aromatic heterocycles. The Morgan fingerprint density at radius 3 is 2.71 bits per heavy atom. The summed E-state index contributed by atoms with van der Waals surface area (Å²) in [7, 11) is 1.92. The molecule has 1 heterocycles. The summed E-state index contributed by atoms with van der Waals surface area (Å²) in [5.41, 5.74) is 0. The van der Waals surface area contributed by atoms with Crippen LogP contribution in [0.15, 0.2) is 18.7 Å². The van der Waals surface area contributed by atoms with Gasteiger partial charge in [-0.25, -0.2) is 13.9 Å². The SMILES string of the molecule is CCCCCCOC(=O)Cn1cc[n+](C)c1.[Br-]. The van der Waals surface area contributed by atoms with Gasteiger partial charge in [0, 0.05) is 0 Å². The van der Waals surface area contributed by atoms with Crippen molar-refractivity contribution in [1.82, 2.24) is 4.57 Å². The maximum atomic E-state index is 11.4. The zero-order valence-electron chi connectivity index (χ0n) is 10.6. The number of carbonyl (C=O) groups is 1. The summed E-state index contributed by atoms with van der Waals surface area (Å²) in [6.45, 7) is 3.01. The molecule has 0 N–H and O–H groups in total. The van der Waals surface area contributed by atoms with Gasteiger partial charge >= 0.3 is 5.97 Å². The minimum absolute atomic E-state index is 0. The highest BCUT2D eigenvalue weighted by Gasteiger charge is 2.08. The van der Waals surface area contributed by atoms with E-state index >= 15 is 0 Å². The van der Waals surface area contributed by atoms with Crippen LogP contribution < -0.4 is 21.5 Å². The number of aryl methyl sites for hydroxylation is 1. The van der Waals surface area contributed by atoms with E-state index in [0.29, 0.717) is 13.2 Å². The topological polar surface area (TPSA) is 35.1 Å². The number of imidazole rings is 1. The van der Waals surface area contributed by atoms with Gasteiger partial charge < -0.3 is 21.7 Å². The molecule has 17 heavy (non-hydrogen) atoms. The van der Waals surface area contributed by atoms with Gasteiger partial charge in [-0.05, 0) is 6.42 Å². The van der Waals surface area contributed by atoms with Crippen molar-refractivity contribution < 1.29 is 31.1 Å². The predicted octanol–water partition coefficient (Wildman–Crippen LogP) is -1.56. The van der Waals surface area contributed by atoms with Crippen LogP contribution in [0.4, 0.5) is 0 Å². The summed E-state index contributed by atoms with van der Waals surface area (Å²) in [4.78, 5) is 11.4. The van der Waals surface area contributed by atoms with Gasteiger partial charge in [0.15, 0.2) is 6.54 Å². The number of rotatable bonds is 7. The van der Waals surface area contributed by atoms with Crippen LogP contribution in [-0.4, -0.2) is 17.1 Å². The summed E-state index contributed by atoms with van der Waals surface area (Å²) in [6, 6.07) is 0. The van der Waals surface area contributed by atoms with E-state index in [1.807, 2.05) is 34.9 Å². The quantitative estimate of drug-likeness (QED) is 0.347. The lowest BCUT2D eigenvalue weighted by molar-refractivity contribution is -0.671. The zero-order chi connectivity index (χ0) is 11.8. The van der Waals surface area contributed by atoms with E-state index in [4.69, 9.17) is 4.74 Å². The molecule has 0 bridgehead atoms. The molecule has 0 aliphatic carbocycles. The Balaban J connectivity index is 0.00000256. The number of halogens is 1. The largest absolute Gasteiger partial charge is 1.00 e. The van der Waals surface area contributed by atoms with E-state index < -0.39 is 0 Å². The van der Waals surface area contributed by atoms with Gasteiger partial charge in [-0.1, -0.05) is 26.2 Å². The highest BCUT2D eigenvalue weighted by Crippen LogP contribution is 1.99. The van der Waals surface area contributed by atoms with Crippen LogP contribution in [-0.2, 0) is 23.1 Å². The lowest BCUT2D eigenvalue weighted by Crippen LogP contribution is -3.00. The predicted molar refractivity (Wildman–Crippen MR) is 60.7 cm³/mol. The van der Waals surface area contributed by atoms with Gasteiger partial charge in [-0.15, -0.1) is 0 Å². The Morgan fingerprint density at radius 2 is 2.12 bits per heavy atom. The van der Waals surface area contributed by atoms with Crippen molar-refractivity contribution in [2.24, 2.45) is 7.05 Å². The van der Waals surface area contributed by atoms with Crippen molar-refractivity contribution >= 4 is 5.97 Å². The molecular formula is C12H21BrN2O2. The van der Waals surface area contributed by atoms with Crippen molar-refractivity contribution in [3.8, 4) is 0 Å². The van der Waals surface area contributed by atoms with E-state index in [-0.39, 0.29) is 23.0 Å². The van der Waals surface area contributed by atoms with Crippen LogP contribution in [0.2, 0.25) is 0 Å². The number of hydrogen-bond donors (Lipinski definition) is 0. The fourth-order valence-electron chi connectivity index (χ4n) is 1.50. The number of hydrogen-bond acceptors (Lipinski definition) is 2. The van der Waals surface area contributed by atoms with Gasteiger partial charge in [0.2, 0.25) is 6.33 Å². The van der Waals surface area contributed by atoms with Gasteiger partial charge in [0.05, 0.1) is 13.7 Å². The van der Waals surface area contributed by atoms with E-state index in [2.05, 4.69) is 6.92 Å². The highest BCUT2D eigenvalue weighted by molar-refractivity contribution is 5.69. The second-order valence-corrected chi connectivity index (χ2v) is 4.03. The summed E-state index contributed by atoms with van der Waals surface area (Å²) >= 11 is 0. The lowest BCUT2D eigenvalue weighted by Gasteiger charge is -2.02. The van der Waals surface area contributed by atoms with Crippen molar-refractivity contribution in [1.29, 1.82) is 0 Å². The number of unbranched alkanes of at least 4 members (excludes halogenated alkanes) is 3. The molecule has 0 aliphatic rings. The van der Waals surface area contributed by atoms with Crippen LogP contribution >= 0.6 is 0 Å². The van der Waals surface area contributed by atoms with Crippen molar-refractivity contribution in [3.05, 3.63) is 18.7 Å². The van der Waals surface area contributed by atoms with Gasteiger partial charge in [0.25, 0.3) is 0 Å². The molecule has 1 rings (SSSR count). The van der Waals surface area contributed by atoms with E-state index in [0.717, 1.165) is 12.8 Å². The van der Waals surface area contributed by atoms with Crippen LogP contribution in [0, 0.1) is 0 Å². The Morgan fingerprint density at radius 1 is 1.35 bits per heavy atom. The molecule has 0 atom stereocenters. The maximum absolute atomic E-state index is 11.4. The van der Waals surface area contributed by atoms with Gasteiger partial charge in [-0.2, -0.15) is 0 Å². The molecule has 1 aromatic rings. The van der Waals surface area contributed by atoms with Gasteiger partial charge in [-0.3, -0.25) is 0 Å². The minimum Gasteiger partial charge on any atom is -1.00 e. The Hall–Kier alpha value is -0.840.